The number of carbonyl (C=O) groups excluding carboxylic acids is 1. The van der Waals surface area contributed by atoms with E-state index in [9.17, 15) is 9.59 Å². The summed E-state index contributed by atoms with van der Waals surface area (Å²) in [7, 11) is 4.83. The van der Waals surface area contributed by atoms with E-state index in [1.165, 1.54) is 13.2 Å². The summed E-state index contributed by atoms with van der Waals surface area (Å²) in [5.74, 6) is 1.38. The predicted molar refractivity (Wildman–Crippen MR) is 144 cm³/mol. The SMILES string of the molecule is C=CC(=O)N1CCC2(CC1)CC(n1c(=O)c(-c3cc(OC)cc(OC)c3Cl)cc3cnc(NC)nc31)C2. The number of hydrogen-bond acceptors (Lipinski definition) is 7. The number of pyridine rings is 1. The fourth-order valence-corrected chi connectivity index (χ4v) is 5.96. The molecule has 2 aromatic heterocycles. The maximum Gasteiger partial charge on any atom is 0.260 e. The lowest BCUT2D eigenvalue weighted by molar-refractivity contribution is -0.130. The quantitative estimate of drug-likeness (QED) is 0.481. The van der Waals surface area contributed by atoms with Gasteiger partial charge in [0.2, 0.25) is 11.9 Å². The van der Waals surface area contributed by atoms with Gasteiger partial charge in [0, 0.05) is 55.0 Å². The summed E-state index contributed by atoms with van der Waals surface area (Å²) in [6.07, 6.45) is 6.59. The van der Waals surface area contributed by atoms with Gasteiger partial charge >= 0.3 is 0 Å². The van der Waals surface area contributed by atoms with E-state index in [-0.39, 0.29) is 22.9 Å². The van der Waals surface area contributed by atoms with Gasteiger partial charge in [0.25, 0.3) is 5.56 Å². The van der Waals surface area contributed by atoms with Crippen LogP contribution in [0.5, 0.6) is 11.5 Å². The number of carbonyl (C=O) groups is 1. The Balaban J connectivity index is 1.58. The number of amides is 1. The second-order valence-electron chi connectivity index (χ2n) is 9.74. The van der Waals surface area contributed by atoms with Crippen molar-refractivity contribution in [3.8, 4) is 22.6 Å². The molecule has 1 saturated carbocycles. The number of hydrogen-bond donors (Lipinski definition) is 1. The number of nitrogens with one attached hydrogen (secondary N) is 1. The number of fused-ring (bicyclic) bond motifs is 1. The van der Waals surface area contributed by atoms with Crippen molar-refractivity contribution >= 4 is 34.5 Å². The first-order valence-electron chi connectivity index (χ1n) is 12.3. The van der Waals surface area contributed by atoms with Gasteiger partial charge in [-0.2, -0.15) is 4.98 Å². The van der Waals surface area contributed by atoms with Crippen LogP contribution in [-0.2, 0) is 4.79 Å². The highest BCUT2D eigenvalue weighted by atomic mass is 35.5. The standard InChI is InChI=1S/C27H30ClN5O4/c1-5-22(34)32-8-6-27(7-9-32)13-17(14-27)33-24-16(15-30-26(29-2)31-24)10-20(25(33)35)19-11-18(36-3)12-21(37-4)23(19)28/h5,10-12,15,17H,1,6-9,13-14H2,2-4H3,(H,29,30,31). The van der Waals surface area contributed by atoms with Crippen molar-refractivity contribution < 1.29 is 14.3 Å². The molecule has 1 saturated heterocycles. The molecule has 37 heavy (non-hydrogen) atoms. The number of piperidine rings is 1. The third kappa shape index (κ3) is 4.31. The second kappa shape index (κ2) is 9.70. The van der Waals surface area contributed by atoms with E-state index >= 15 is 0 Å². The predicted octanol–water partition coefficient (Wildman–Crippen LogP) is 4.30. The highest BCUT2D eigenvalue weighted by molar-refractivity contribution is 6.35. The molecule has 5 rings (SSSR count). The second-order valence-corrected chi connectivity index (χ2v) is 10.1. The molecule has 3 heterocycles. The number of ether oxygens (including phenoxy) is 2. The Hall–Kier alpha value is -3.59. The minimum absolute atomic E-state index is 0.0254. The third-order valence-corrected chi connectivity index (χ3v) is 8.16. The lowest BCUT2D eigenvalue weighted by Gasteiger charge is -2.52. The molecular formula is C27H30ClN5O4. The van der Waals surface area contributed by atoms with Gasteiger partial charge in [0.1, 0.15) is 17.1 Å². The van der Waals surface area contributed by atoms with Crippen molar-refractivity contribution in [1.82, 2.24) is 19.4 Å². The van der Waals surface area contributed by atoms with Gasteiger partial charge in [-0.3, -0.25) is 14.2 Å². The highest BCUT2D eigenvalue weighted by Gasteiger charge is 2.47. The van der Waals surface area contributed by atoms with E-state index in [0.717, 1.165) is 31.1 Å². The van der Waals surface area contributed by atoms with E-state index < -0.39 is 0 Å². The number of likely N-dealkylation sites (tertiary alicyclic amines) is 1. The van der Waals surface area contributed by atoms with Gasteiger partial charge < -0.3 is 19.7 Å². The molecule has 1 amide bonds. The van der Waals surface area contributed by atoms with E-state index in [4.69, 9.17) is 21.1 Å². The van der Waals surface area contributed by atoms with Crippen LogP contribution in [0.15, 0.2) is 41.8 Å². The van der Waals surface area contributed by atoms with Crippen LogP contribution in [0.25, 0.3) is 22.2 Å². The summed E-state index contributed by atoms with van der Waals surface area (Å²) in [6.45, 7) is 5.01. The van der Waals surface area contributed by atoms with E-state index in [1.807, 2.05) is 4.90 Å². The number of aromatic nitrogens is 3. The Morgan fingerprint density at radius 3 is 2.54 bits per heavy atom. The summed E-state index contributed by atoms with van der Waals surface area (Å²) in [4.78, 5) is 37.0. The molecule has 0 radical (unpaired) electrons. The lowest BCUT2D eigenvalue weighted by Crippen LogP contribution is -2.50. The Morgan fingerprint density at radius 2 is 1.92 bits per heavy atom. The maximum absolute atomic E-state index is 14.1. The molecule has 1 spiro atoms. The van der Waals surface area contributed by atoms with Crippen molar-refractivity contribution in [2.75, 3.05) is 39.7 Å². The molecule has 2 fully saturated rings. The molecule has 1 aliphatic heterocycles. The average Bonchev–Trinajstić information content (AvgIpc) is 2.91. The number of anilines is 1. The number of benzene rings is 1. The van der Waals surface area contributed by atoms with Crippen molar-refractivity contribution in [1.29, 1.82) is 0 Å². The molecule has 1 aliphatic carbocycles. The van der Waals surface area contributed by atoms with Crippen LogP contribution in [0.1, 0.15) is 31.7 Å². The lowest BCUT2D eigenvalue weighted by atomic mass is 9.60. The molecular weight excluding hydrogens is 494 g/mol. The van der Waals surface area contributed by atoms with Crippen LogP contribution < -0.4 is 20.3 Å². The van der Waals surface area contributed by atoms with Gasteiger partial charge in [-0.15, -0.1) is 0 Å². The van der Waals surface area contributed by atoms with Crippen LogP contribution in [-0.4, -0.2) is 59.7 Å². The van der Waals surface area contributed by atoms with Gasteiger partial charge in [-0.1, -0.05) is 18.2 Å². The van der Waals surface area contributed by atoms with Crippen molar-refractivity contribution in [2.24, 2.45) is 5.41 Å². The fraction of sp³-hybridized carbons (Fsp3) is 0.407. The topological polar surface area (TPSA) is 98.6 Å². The van der Waals surface area contributed by atoms with Gasteiger partial charge in [-0.05, 0) is 49.3 Å². The molecule has 1 N–H and O–H groups in total. The minimum atomic E-state index is -0.176. The molecule has 3 aromatic rings. The van der Waals surface area contributed by atoms with Crippen molar-refractivity contribution in [3.63, 3.8) is 0 Å². The molecule has 0 unspecified atom stereocenters. The van der Waals surface area contributed by atoms with Crippen LogP contribution in [0.4, 0.5) is 5.95 Å². The number of halogens is 1. The van der Waals surface area contributed by atoms with E-state index in [0.29, 0.717) is 52.3 Å². The Labute approximate surface area is 220 Å². The van der Waals surface area contributed by atoms with Gasteiger partial charge in [0.05, 0.1) is 19.2 Å². The number of methoxy groups -OCH3 is 2. The molecule has 194 valence electrons. The van der Waals surface area contributed by atoms with Crippen LogP contribution in [0.2, 0.25) is 5.02 Å². The molecule has 0 bridgehead atoms. The fourth-order valence-electron chi connectivity index (χ4n) is 5.67. The summed E-state index contributed by atoms with van der Waals surface area (Å²) < 4.78 is 12.7. The zero-order valence-electron chi connectivity index (χ0n) is 21.2. The summed E-state index contributed by atoms with van der Waals surface area (Å²) in [5.41, 5.74) is 1.48. The van der Waals surface area contributed by atoms with Gasteiger partial charge in [0.15, 0.2) is 0 Å². The normalized spacial score (nSPS) is 16.9. The molecule has 9 nitrogen and oxygen atoms in total. The first kappa shape index (κ1) is 25.1. The third-order valence-electron chi connectivity index (χ3n) is 7.77. The smallest absolute Gasteiger partial charge is 0.260 e. The minimum Gasteiger partial charge on any atom is -0.497 e. The zero-order valence-corrected chi connectivity index (χ0v) is 22.0. The molecule has 1 aromatic carbocycles. The van der Waals surface area contributed by atoms with Crippen molar-refractivity contribution in [2.45, 2.75) is 31.7 Å². The largest absolute Gasteiger partial charge is 0.497 e. The van der Waals surface area contributed by atoms with Crippen LogP contribution in [0, 0.1) is 5.41 Å². The zero-order chi connectivity index (χ0) is 26.3. The number of nitrogens with zero attached hydrogens (tertiary/aromatic N) is 4. The summed E-state index contributed by atoms with van der Waals surface area (Å²) in [5, 5.41) is 4.04. The van der Waals surface area contributed by atoms with E-state index in [2.05, 4.69) is 21.9 Å². The molecule has 10 heteroatoms. The Bertz CT molecular complexity index is 1440. The first-order chi connectivity index (χ1) is 17.8. The Kier molecular flexibility index (Phi) is 6.58. The van der Waals surface area contributed by atoms with Crippen LogP contribution in [0.3, 0.4) is 0 Å². The maximum atomic E-state index is 14.1. The van der Waals surface area contributed by atoms with Crippen molar-refractivity contribution in [3.05, 3.63) is 52.4 Å². The number of rotatable bonds is 6. The Morgan fingerprint density at radius 1 is 1.19 bits per heavy atom. The highest BCUT2D eigenvalue weighted by Crippen LogP contribution is 2.55. The van der Waals surface area contributed by atoms with E-state index in [1.54, 1.807) is 43.1 Å². The average molecular weight is 524 g/mol. The van der Waals surface area contributed by atoms with Gasteiger partial charge in [-0.25, -0.2) is 4.98 Å². The summed E-state index contributed by atoms with van der Waals surface area (Å²) in [6, 6.07) is 5.19. The monoisotopic (exact) mass is 523 g/mol. The first-order valence-corrected chi connectivity index (χ1v) is 12.6. The molecule has 2 aliphatic rings. The summed E-state index contributed by atoms with van der Waals surface area (Å²) >= 11 is 6.68. The molecule has 0 atom stereocenters. The van der Waals surface area contributed by atoms with Crippen LogP contribution >= 0.6 is 11.6 Å².